The number of sulfonamides is 1. The number of hydrogen-bond donors (Lipinski definition) is 1. The maximum atomic E-state index is 12.4. The summed E-state index contributed by atoms with van der Waals surface area (Å²) in [4.78, 5) is 12.4. The molecule has 0 radical (unpaired) electrons. The first kappa shape index (κ1) is 21.4. The number of benzene rings is 2. The predicted molar refractivity (Wildman–Crippen MR) is 108 cm³/mol. The van der Waals surface area contributed by atoms with Gasteiger partial charge < -0.3 is 19.5 Å². The molecule has 0 aromatic heterocycles. The summed E-state index contributed by atoms with van der Waals surface area (Å²) in [5.41, 5.74) is 1.04. The van der Waals surface area contributed by atoms with Crippen molar-refractivity contribution in [3.8, 4) is 17.2 Å². The van der Waals surface area contributed by atoms with Gasteiger partial charge in [0.25, 0.3) is 5.91 Å². The van der Waals surface area contributed by atoms with E-state index in [1.54, 1.807) is 49.4 Å². The lowest BCUT2D eigenvalue weighted by atomic mass is 10.2. The number of carbonyl (C=O) groups is 1. The number of ether oxygens (including phenoxy) is 3. The van der Waals surface area contributed by atoms with Gasteiger partial charge in [0.1, 0.15) is 5.75 Å². The Labute approximate surface area is 165 Å². The van der Waals surface area contributed by atoms with Crippen molar-refractivity contribution in [1.29, 1.82) is 0 Å². The summed E-state index contributed by atoms with van der Waals surface area (Å²) in [5.74, 6) is 1.16. The van der Waals surface area contributed by atoms with Crippen LogP contribution in [0.5, 0.6) is 17.2 Å². The first-order chi connectivity index (χ1) is 13.2. The molecule has 1 N–H and O–H groups in total. The van der Waals surface area contributed by atoms with Crippen LogP contribution in [-0.4, -0.2) is 48.0 Å². The lowest BCUT2D eigenvalue weighted by Gasteiger charge is -2.18. The molecule has 1 unspecified atom stereocenters. The molecule has 0 aliphatic rings. The van der Waals surface area contributed by atoms with E-state index in [1.807, 2.05) is 0 Å². The first-order valence-electron chi connectivity index (χ1n) is 8.39. The minimum atomic E-state index is -3.34. The molecule has 2 aromatic rings. The standard InChI is InChI=1S/C19H24N2O6S/c1-13(19(22)20-14-6-11-17(25-3)18(12-14)26-4)27-16-9-7-15(8-10-16)21(2)28(5,23)24/h6-13H,1-5H3,(H,20,22). The topological polar surface area (TPSA) is 94.2 Å². The molecule has 152 valence electrons. The molecule has 0 saturated heterocycles. The Kier molecular flexibility index (Phi) is 6.74. The highest BCUT2D eigenvalue weighted by molar-refractivity contribution is 7.92. The van der Waals surface area contributed by atoms with Crippen molar-refractivity contribution in [3.63, 3.8) is 0 Å². The molecule has 9 heteroatoms. The fourth-order valence-corrected chi connectivity index (χ4v) is 2.85. The number of nitrogens with one attached hydrogen (secondary N) is 1. The zero-order chi connectivity index (χ0) is 20.9. The summed E-state index contributed by atoms with van der Waals surface area (Å²) in [5, 5.41) is 2.75. The molecule has 2 rings (SSSR count). The maximum absolute atomic E-state index is 12.4. The van der Waals surface area contributed by atoms with Gasteiger partial charge in [0.05, 0.1) is 26.2 Å². The summed E-state index contributed by atoms with van der Waals surface area (Å²) in [6, 6.07) is 11.5. The van der Waals surface area contributed by atoms with E-state index < -0.39 is 16.1 Å². The molecule has 0 aliphatic carbocycles. The molecule has 2 aromatic carbocycles. The fourth-order valence-electron chi connectivity index (χ4n) is 2.34. The Bertz CT molecular complexity index is 928. The predicted octanol–water partition coefficient (Wildman–Crippen LogP) is 2.51. The Morgan fingerprint density at radius 1 is 1.04 bits per heavy atom. The lowest BCUT2D eigenvalue weighted by Crippen LogP contribution is -2.30. The second-order valence-electron chi connectivity index (χ2n) is 6.04. The number of amides is 1. The molecule has 28 heavy (non-hydrogen) atoms. The smallest absolute Gasteiger partial charge is 0.265 e. The zero-order valence-corrected chi connectivity index (χ0v) is 17.2. The van der Waals surface area contributed by atoms with Gasteiger partial charge in [0, 0.05) is 18.8 Å². The quantitative estimate of drug-likeness (QED) is 0.721. The number of anilines is 2. The largest absolute Gasteiger partial charge is 0.493 e. The van der Waals surface area contributed by atoms with Gasteiger partial charge in [-0.25, -0.2) is 8.42 Å². The molecular weight excluding hydrogens is 384 g/mol. The van der Waals surface area contributed by atoms with Crippen molar-refractivity contribution >= 4 is 27.3 Å². The highest BCUT2D eigenvalue weighted by Gasteiger charge is 2.17. The molecule has 1 amide bonds. The summed E-state index contributed by atoms with van der Waals surface area (Å²) in [6.45, 7) is 1.62. The lowest BCUT2D eigenvalue weighted by molar-refractivity contribution is -0.122. The highest BCUT2D eigenvalue weighted by atomic mass is 32.2. The van der Waals surface area contributed by atoms with Crippen molar-refractivity contribution in [3.05, 3.63) is 42.5 Å². The minimum absolute atomic E-state index is 0.343. The Morgan fingerprint density at radius 3 is 2.18 bits per heavy atom. The molecule has 0 fully saturated rings. The summed E-state index contributed by atoms with van der Waals surface area (Å²) in [7, 11) is 1.17. The number of hydrogen-bond acceptors (Lipinski definition) is 6. The number of rotatable bonds is 8. The third kappa shape index (κ3) is 5.29. The van der Waals surface area contributed by atoms with E-state index in [0.29, 0.717) is 28.6 Å². The molecule has 0 spiro atoms. The molecule has 0 bridgehead atoms. The molecule has 0 aliphatic heterocycles. The number of carbonyl (C=O) groups excluding carboxylic acids is 1. The Hall–Kier alpha value is -2.94. The van der Waals surface area contributed by atoms with E-state index in [1.165, 1.54) is 21.3 Å². The second-order valence-corrected chi connectivity index (χ2v) is 8.06. The van der Waals surface area contributed by atoms with E-state index in [0.717, 1.165) is 10.6 Å². The average Bonchev–Trinajstić information content (AvgIpc) is 2.67. The third-order valence-corrected chi connectivity index (χ3v) is 5.24. The molecule has 1 atom stereocenters. The SMILES string of the molecule is COc1ccc(NC(=O)C(C)Oc2ccc(N(C)S(C)(=O)=O)cc2)cc1OC. The van der Waals surface area contributed by atoms with Gasteiger partial charge in [-0.05, 0) is 43.3 Å². The number of methoxy groups -OCH3 is 2. The van der Waals surface area contributed by atoms with Gasteiger partial charge in [-0.2, -0.15) is 0 Å². The van der Waals surface area contributed by atoms with E-state index >= 15 is 0 Å². The van der Waals surface area contributed by atoms with Crippen molar-refractivity contribution in [2.45, 2.75) is 13.0 Å². The van der Waals surface area contributed by atoms with Gasteiger partial charge in [-0.1, -0.05) is 0 Å². The van der Waals surface area contributed by atoms with Crippen LogP contribution in [0.1, 0.15) is 6.92 Å². The van der Waals surface area contributed by atoms with Gasteiger partial charge in [-0.3, -0.25) is 9.10 Å². The monoisotopic (exact) mass is 408 g/mol. The fraction of sp³-hybridized carbons (Fsp3) is 0.316. The summed E-state index contributed by atoms with van der Waals surface area (Å²) in [6.07, 6.45) is 0.351. The molecule has 0 heterocycles. The molecule has 8 nitrogen and oxygen atoms in total. The van der Waals surface area contributed by atoms with Gasteiger partial charge >= 0.3 is 0 Å². The van der Waals surface area contributed by atoms with E-state index in [2.05, 4.69) is 5.32 Å². The van der Waals surface area contributed by atoms with E-state index in [4.69, 9.17) is 14.2 Å². The molecular formula is C19H24N2O6S. The first-order valence-corrected chi connectivity index (χ1v) is 10.2. The van der Waals surface area contributed by atoms with Gasteiger partial charge in [0.2, 0.25) is 10.0 Å². The van der Waals surface area contributed by atoms with E-state index in [9.17, 15) is 13.2 Å². The van der Waals surface area contributed by atoms with Crippen molar-refractivity contribution in [2.24, 2.45) is 0 Å². The Morgan fingerprint density at radius 2 is 1.64 bits per heavy atom. The average molecular weight is 408 g/mol. The van der Waals surface area contributed by atoms with Gasteiger partial charge in [0.15, 0.2) is 17.6 Å². The van der Waals surface area contributed by atoms with Gasteiger partial charge in [-0.15, -0.1) is 0 Å². The Balaban J connectivity index is 2.02. The van der Waals surface area contributed by atoms with Crippen LogP contribution in [0.25, 0.3) is 0 Å². The van der Waals surface area contributed by atoms with Crippen LogP contribution in [-0.2, 0) is 14.8 Å². The van der Waals surface area contributed by atoms with Crippen molar-refractivity contribution in [1.82, 2.24) is 0 Å². The van der Waals surface area contributed by atoms with E-state index in [-0.39, 0.29) is 5.91 Å². The van der Waals surface area contributed by atoms with Crippen LogP contribution in [0.15, 0.2) is 42.5 Å². The maximum Gasteiger partial charge on any atom is 0.265 e. The summed E-state index contributed by atoms with van der Waals surface area (Å²) >= 11 is 0. The van der Waals surface area contributed by atoms with Crippen LogP contribution in [0.2, 0.25) is 0 Å². The third-order valence-electron chi connectivity index (χ3n) is 4.03. The highest BCUT2D eigenvalue weighted by Crippen LogP contribution is 2.30. The normalized spacial score (nSPS) is 12.0. The number of nitrogens with zero attached hydrogens (tertiary/aromatic N) is 1. The summed E-state index contributed by atoms with van der Waals surface area (Å²) < 4.78 is 40.3. The van der Waals surface area contributed by atoms with Crippen LogP contribution >= 0.6 is 0 Å². The van der Waals surface area contributed by atoms with Crippen LogP contribution in [0.3, 0.4) is 0 Å². The van der Waals surface area contributed by atoms with Crippen LogP contribution in [0, 0.1) is 0 Å². The molecule has 0 saturated carbocycles. The minimum Gasteiger partial charge on any atom is -0.493 e. The second kappa shape index (κ2) is 8.83. The van der Waals surface area contributed by atoms with Crippen molar-refractivity contribution in [2.75, 3.05) is 37.1 Å². The van der Waals surface area contributed by atoms with Crippen molar-refractivity contribution < 1.29 is 27.4 Å². The zero-order valence-electron chi connectivity index (χ0n) is 16.4. The van der Waals surface area contributed by atoms with Crippen LogP contribution < -0.4 is 23.8 Å². The van der Waals surface area contributed by atoms with Crippen LogP contribution in [0.4, 0.5) is 11.4 Å².